The average Bonchev–Trinajstić information content (AvgIpc) is 2.26. The van der Waals surface area contributed by atoms with Crippen molar-refractivity contribution in [2.45, 2.75) is 38.5 Å². The number of nitrogens with zero attached hydrogens (tertiary/aromatic N) is 1. The van der Waals surface area contributed by atoms with Crippen LogP contribution in [0.25, 0.3) is 0 Å². The average molecular weight is 233 g/mol. The second-order valence-corrected chi connectivity index (χ2v) is 3.73. The Morgan fingerprint density at radius 3 is 2.38 bits per heavy atom. The Morgan fingerprint density at radius 2 is 2.00 bits per heavy atom. The van der Waals surface area contributed by atoms with E-state index >= 15 is 0 Å². The molecule has 2 unspecified atom stereocenters. The van der Waals surface area contributed by atoms with Gasteiger partial charge in [-0.25, -0.2) is 0 Å². The zero-order valence-corrected chi connectivity index (χ0v) is 9.12. The molecule has 0 spiro atoms. The van der Waals surface area contributed by atoms with E-state index in [2.05, 4.69) is 4.98 Å². The van der Waals surface area contributed by atoms with Gasteiger partial charge in [-0.2, -0.15) is 13.2 Å². The van der Waals surface area contributed by atoms with Crippen molar-refractivity contribution >= 4 is 0 Å². The van der Waals surface area contributed by atoms with Crippen molar-refractivity contribution in [1.29, 1.82) is 0 Å². The summed E-state index contributed by atoms with van der Waals surface area (Å²) in [5, 5.41) is 9.55. The van der Waals surface area contributed by atoms with Crippen LogP contribution < -0.4 is 0 Å². The first kappa shape index (κ1) is 13.0. The number of pyridine rings is 1. The number of aliphatic hydroxyl groups is 1. The molecule has 0 fully saturated rings. The van der Waals surface area contributed by atoms with E-state index in [1.54, 1.807) is 6.92 Å². The van der Waals surface area contributed by atoms with Crippen LogP contribution in [0.4, 0.5) is 13.2 Å². The fraction of sp³-hybridized carbons (Fsp3) is 0.545. The summed E-state index contributed by atoms with van der Waals surface area (Å²) in [7, 11) is 0. The van der Waals surface area contributed by atoms with Gasteiger partial charge in [-0.1, -0.05) is 13.8 Å². The number of alkyl halides is 3. The quantitative estimate of drug-likeness (QED) is 0.870. The van der Waals surface area contributed by atoms with E-state index in [1.165, 1.54) is 6.07 Å². The lowest BCUT2D eigenvalue weighted by molar-refractivity contribution is -0.137. The summed E-state index contributed by atoms with van der Waals surface area (Å²) in [4.78, 5) is 3.73. The van der Waals surface area contributed by atoms with Crippen LogP contribution >= 0.6 is 0 Å². The summed E-state index contributed by atoms with van der Waals surface area (Å²) in [6, 6.07) is 2.30. The highest BCUT2D eigenvalue weighted by Crippen LogP contribution is 2.29. The van der Waals surface area contributed by atoms with Crippen LogP contribution in [-0.2, 0) is 6.18 Å². The van der Waals surface area contributed by atoms with E-state index in [1.807, 2.05) is 6.92 Å². The standard InChI is InChI=1S/C11H14F3NO/c1-3-10(16)7(2)9-5-4-8(6-15-9)11(12,13)14/h4-7,10,16H,3H2,1-2H3. The Kier molecular flexibility index (Phi) is 3.91. The maximum atomic E-state index is 12.3. The Labute approximate surface area is 92.1 Å². The van der Waals surface area contributed by atoms with Gasteiger partial charge in [-0.05, 0) is 18.6 Å². The van der Waals surface area contributed by atoms with Gasteiger partial charge in [0, 0.05) is 17.8 Å². The number of aliphatic hydroxyl groups excluding tert-OH is 1. The molecule has 1 N–H and O–H groups in total. The number of hydrogen-bond acceptors (Lipinski definition) is 2. The maximum absolute atomic E-state index is 12.3. The molecule has 1 heterocycles. The van der Waals surface area contributed by atoms with E-state index in [0.29, 0.717) is 12.1 Å². The first-order chi connectivity index (χ1) is 7.36. The lowest BCUT2D eigenvalue weighted by atomic mass is 9.98. The summed E-state index contributed by atoms with van der Waals surface area (Å²) in [5.41, 5.74) is -0.295. The van der Waals surface area contributed by atoms with Crippen LogP contribution in [0.3, 0.4) is 0 Å². The minimum absolute atomic E-state index is 0.257. The highest BCUT2D eigenvalue weighted by Gasteiger charge is 2.31. The monoisotopic (exact) mass is 233 g/mol. The third-order valence-corrected chi connectivity index (χ3v) is 2.58. The summed E-state index contributed by atoms with van der Waals surface area (Å²) >= 11 is 0. The van der Waals surface area contributed by atoms with Crippen LogP contribution in [0.15, 0.2) is 18.3 Å². The summed E-state index contributed by atoms with van der Waals surface area (Å²) in [5.74, 6) is -0.257. The third-order valence-electron chi connectivity index (χ3n) is 2.58. The highest BCUT2D eigenvalue weighted by atomic mass is 19.4. The van der Waals surface area contributed by atoms with Gasteiger partial charge >= 0.3 is 6.18 Å². The molecule has 1 aromatic rings. The zero-order valence-electron chi connectivity index (χ0n) is 9.12. The Hall–Kier alpha value is -1.10. The molecule has 0 aromatic carbocycles. The number of halogens is 3. The number of aromatic nitrogens is 1. The third kappa shape index (κ3) is 2.95. The predicted molar refractivity (Wildman–Crippen MR) is 54.0 cm³/mol. The molecule has 0 saturated heterocycles. The first-order valence-electron chi connectivity index (χ1n) is 5.07. The van der Waals surface area contributed by atoms with E-state index in [-0.39, 0.29) is 5.92 Å². The molecular weight excluding hydrogens is 219 g/mol. The molecule has 2 atom stereocenters. The second-order valence-electron chi connectivity index (χ2n) is 3.73. The Balaban J connectivity index is 2.87. The van der Waals surface area contributed by atoms with Gasteiger partial charge in [-0.15, -0.1) is 0 Å². The molecule has 16 heavy (non-hydrogen) atoms. The summed E-state index contributed by atoms with van der Waals surface area (Å²) < 4.78 is 36.8. The molecule has 0 aliphatic carbocycles. The fourth-order valence-corrected chi connectivity index (χ4v) is 1.39. The molecule has 0 amide bonds. The fourth-order valence-electron chi connectivity index (χ4n) is 1.39. The minimum atomic E-state index is -4.36. The van der Waals surface area contributed by atoms with Crippen molar-refractivity contribution in [2.75, 3.05) is 0 Å². The van der Waals surface area contributed by atoms with Crippen LogP contribution in [0, 0.1) is 0 Å². The number of hydrogen-bond donors (Lipinski definition) is 1. The molecular formula is C11H14F3NO. The van der Waals surface area contributed by atoms with Crippen LogP contribution in [-0.4, -0.2) is 16.2 Å². The van der Waals surface area contributed by atoms with Crippen LogP contribution in [0.1, 0.15) is 37.4 Å². The van der Waals surface area contributed by atoms with Crippen molar-refractivity contribution in [3.8, 4) is 0 Å². The summed E-state index contributed by atoms with van der Waals surface area (Å²) in [6.07, 6.45) is -3.60. The first-order valence-corrected chi connectivity index (χ1v) is 5.07. The van der Waals surface area contributed by atoms with Gasteiger partial charge in [0.2, 0.25) is 0 Å². The van der Waals surface area contributed by atoms with Gasteiger partial charge < -0.3 is 5.11 Å². The zero-order chi connectivity index (χ0) is 12.3. The van der Waals surface area contributed by atoms with Gasteiger partial charge in [0.25, 0.3) is 0 Å². The molecule has 0 saturated carbocycles. The largest absolute Gasteiger partial charge is 0.417 e. The highest BCUT2D eigenvalue weighted by molar-refractivity contribution is 5.19. The minimum Gasteiger partial charge on any atom is -0.392 e. The predicted octanol–water partition coefficient (Wildman–Crippen LogP) is 2.97. The van der Waals surface area contributed by atoms with E-state index < -0.39 is 17.8 Å². The Bertz CT molecular complexity index is 334. The summed E-state index contributed by atoms with van der Waals surface area (Å²) in [6.45, 7) is 3.55. The van der Waals surface area contributed by atoms with Gasteiger partial charge in [-0.3, -0.25) is 4.98 Å². The molecule has 0 radical (unpaired) electrons. The van der Waals surface area contributed by atoms with Crippen molar-refractivity contribution in [3.05, 3.63) is 29.6 Å². The molecule has 90 valence electrons. The molecule has 2 nitrogen and oxygen atoms in total. The maximum Gasteiger partial charge on any atom is 0.417 e. The number of rotatable bonds is 3. The van der Waals surface area contributed by atoms with Crippen LogP contribution in [0.2, 0.25) is 0 Å². The molecule has 5 heteroatoms. The smallest absolute Gasteiger partial charge is 0.392 e. The van der Waals surface area contributed by atoms with E-state index in [4.69, 9.17) is 0 Å². The van der Waals surface area contributed by atoms with Gasteiger partial charge in [0.15, 0.2) is 0 Å². The van der Waals surface area contributed by atoms with Crippen molar-refractivity contribution in [2.24, 2.45) is 0 Å². The molecule has 0 bridgehead atoms. The lowest BCUT2D eigenvalue weighted by Crippen LogP contribution is -2.16. The lowest BCUT2D eigenvalue weighted by Gasteiger charge is -2.17. The van der Waals surface area contributed by atoms with Crippen molar-refractivity contribution in [1.82, 2.24) is 4.98 Å². The normalized spacial score (nSPS) is 15.9. The molecule has 0 aliphatic heterocycles. The molecule has 1 aromatic heterocycles. The second kappa shape index (κ2) is 4.82. The van der Waals surface area contributed by atoms with Crippen molar-refractivity contribution < 1.29 is 18.3 Å². The topological polar surface area (TPSA) is 33.1 Å². The van der Waals surface area contributed by atoms with Crippen LogP contribution in [0.5, 0.6) is 0 Å². The Morgan fingerprint density at radius 1 is 1.38 bits per heavy atom. The van der Waals surface area contributed by atoms with E-state index in [9.17, 15) is 18.3 Å². The van der Waals surface area contributed by atoms with Gasteiger partial charge in [0.05, 0.1) is 11.7 Å². The van der Waals surface area contributed by atoms with E-state index in [0.717, 1.165) is 12.3 Å². The molecule has 0 aliphatic rings. The van der Waals surface area contributed by atoms with Gasteiger partial charge in [0.1, 0.15) is 0 Å². The molecule has 1 rings (SSSR count). The SMILES string of the molecule is CCC(O)C(C)c1ccc(C(F)(F)F)cn1. The van der Waals surface area contributed by atoms with Crippen molar-refractivity contribution in [3.63, 3.8) is 0 Å².